The molecule has 0 aliphatic rings. The molecule has 0 radical (unpaired) electrons. The molecule has 0 saturated heterocycles. The number of allylic oxidation sites excluding steroid dienone is 1. The first kappa shape index (κ1) is 21.0. The molecule has 0 bridgehead atoms. The summed E-state index contributed by atoms with van der Waals surface area (Å²) in [6.07, 6.45) is 1.58. The molecule has 4 N–H and O–H groups in total. The third-order valence-electron chi connectivity index (χ3n) is 3.78. The lowest BCUT2D eigenvalue weighted by Gasteiger charge is -2.06. The normalized spacial score (nSPS) is 10.6. The first-order valence-electron chi connectivity index (χ1n) is 9.08. The maximum absolute atomic E-state index is 9.57. The number of nitriles is 1. The van der Waals surface area contributed by atoms with Crippen molar-refractivity contribution in [2.75, 3.05) is 11.1 Å². The molecule has 9 nitrogen and oxygen atoms in total. The van der Waals surface area contributed by atoms with Crippen LogP contribution in [0.4, 0.5) is 17.6 Å². The fourth-order valence-corrected chi connectivity index (χ4v) is 2.58. The van der Waals surface area contributed by atoms with Crippen LogP contribution in [0, 0.1) is 11.3 Å². The van der Waals surface area contributed by atoms with E-state index >= 15 is 0 Å². The summed E-state index contributed by atoms with van der Waals surface area (Å²) in [6.45, 7) is 1.08. The van der Waals surface area contributed by atoms with Crippen LogP contribution in [-0.4, -0.2) is 26.0 Å². The zero-order chi connectivity index (χ0) is 22.2. The van der Waals surface area contributed by atoms with Gasteiger partial charge in [-0.15, -0.1) is 0 Å². The van der Waals surface area contributed by atoms with Crippen LogP contribution in [0.15, 0.2) is 65.1 Å². The van der Waals surface area contributed by atoms with E-state index in [0.717, 1.165) is 23.6 Å². The lowest BCUT2D eigenvalue weighted by atomic mass is 10.2. The van der Waals surface area contributed by atoms with Crippen molar-refractivity contribution in [3.8, 4) is 6.07 Å². The Morgan fingerprint density at radius 2 is 1.81 bits per heavy atom. The van der Waals surface area contributed by atoms with Gasteiger partial charge in [-0.25, -0.2) is 0 Å². The number of nitrogens with zero attached hydrogens (tertiary/aromatic N) is 4. The first-order chi connectivity index (χ1) is 14.9. The average molecular weight is 414 g/mol. The van der Waals surface area contributed by atoms with Crippen molar-refractivity contribution in [1.29, 1.82) is 5.26 Å². The van der Waals surface area contributed by atoms with E-state index in [1.54, 1.807) is 6.08 Å². The summed E-state index contributed by atoms with van der Waals surface area (Å²) < 4.78 is 5.73. The van der Waals surface area contributed by atoms with Gasteiger partial charge in [-0.2, -0.15) is 20.2 Å². The summed E-state index contributed by atoms with van der Waals surface area (Å²) in [5.74, 6) is 0.145. The Bertz CT molecular complexity index is 1240. The summed E-state index contributed by atoms with van der Waals surface area (Å²) in [5, 5.41) is 21.0. The molecule has 0 saturated carbocycles. The maximum Gasteiger partial charge on any atom is 0.300 e. The molecule has 0 aliphatic carbocycles. The number of carboxylic acids is 1. The van der Waals surface area contributed by atoms with Gasteiger partial charge in [-0.3, -0.25) is 4.79 Å². The average Bonchev–Trinajstić information content (AvgIpc) is 3.14. The highest BCUT2D eigenvalue weighted by Gasteiger charge is 2.11. The van der Waals surface area contributed by atoms with Gasteiger partial charge in [0.2, 0.25) is 11.9 Å². The van der Waals surface area contributed by atoms with Gasteiger partial charge >= 0.3 is 0 Å². The van der Waals surface area contributed by atoms with Crippen LogP contribution >= 0.6 is 0 Å². The molecule has 0 unspecified atom stereocenters. The zero-order valence-corrected chi connectivity index (χ0v) is 16.5. The molecule has 0 fully saturated rings. The molecule has 2 aromatic carbocycles. The van der Waals surface area contributed by atoms with Crippen molar-refractivity contribution >= 4 is 46.2 Å². The Balaban J connectivity index is 0.000000628. The molecule has 154 valence electrons. The van der Waals surface area contributed by atoms with Crippen LogP contribution in [0.3, 0.4) is 0 Å². The van der Waals surface area contributed by atoms with Gasteiger partial charge < -0.3 is 20.6 Å². The standard InChI is InChI=1S/C20H14N6O.C2H4O2/c21-12-14(11-16-10-13-6-4-5-9-17(13)27-16)18-24-19(22)26-20(25-18)23-15-7-2-1-3-8-15;1-2(3)4/h1-11H,(H3,22,23,24,25,26);1H3,(H,3,4)/b14-11-;. The van der Waals surface area contributed by atoms with Crippen LogP contribution in [0.2, 0.25) is 0 Å². The van der Waals surface area contributed by atoms with E-state index in [0.29, 0.717) is 5.76 Å². The van der Waals surface area contributed by atoms with Crippen LogP contribution in [0.25, 0.3) is 22.6 Å². The number of nitrogens with one attached hydrogen (secondary N) is 1. The summed E-state index contributed by atoms with van der Waals surface area (Å²) in [7, 11) is 0. The fourth-order valence-electron chi connectivity index (χ4n) is 2.58. The zero-order valence-electron chi connectivity index (χ0n) is 16.5. The third-order valence-corrected chi connectivity index (χ3v) is 3.78. The number of nitrogens with two attached hydrogens (primary N) is 1. The molecule has 0 atom stereocenters. The molecule has 0 amide bonds. The number of nitrogen functional groups attached to an aromatic ring is 1. The summed E-state index contributed by atoms with van der Waals surface area (Å²) in [5.41, 5.74) is 7.56. The Kier molecular flexibility index (Phi) is 6.55. The topological polar surface area (TPSA) is 151 Å². The Morgan fingerprint density at radius 3 is 2.48 bits per heavy atom. The number of fused-ring (bicyclic) bond motifs is 1. The lowest BCUT2D eigenvalue weighted by Crippen LogP contribution is -2.06. The summed E-state index contributed by atoms with van der Waals surface area (Å²) >= 11 is 0. The van der Waals surface area contributed by atoms with Crippen molar-refractivity contribution in [3.05, 3.63) is 72.2 Å². The number of rotatable bonds is 4. The van der Waals surface area contributed by atoms with E-state index in [4.69, 9.17) is 20.1 Å². The SMILES string of the molecule is CC(=O)O.N#C/C(=C/c1cc2ccccc2o1)c1nc(N)nc(Nc2ccccc2)n1. The molecule has 2 aromatic heterocycles. The Hall–Kier alpha value is -4.71. The van der Waals surface area contributed by atoms with E-state index in [1.165, 1.54) is 0 Å². The number of hydrogen-bond donors (Lipinski definition) is 3. The molecule has 31 heavy (non-hydrogen) atoms. The van der Waals surface area contributed by atoms with Crippen molar-refractivity contribution in [3.63, 3.8) is 0 Å². The highest BCUT2D eigenvalue weighted by molar-refractivity contribution is 5.89. The number of carbonyl (C=O) groups is 1. The Labute approximate surface area is 177 Å². The van der Waals surface area contributed by atoms with Gasteiger partial charge in [0, 0.05) is 24.1 Å². The molecule has 0 aliphatic heterocycles. The summed E-state index contributed by atoms with van der Waals surface area (Å²) in [4.78, 5) is 21.5. The van der Waals surface area contributed by atoms with Crippen LogP contribution in [0.1, 0.15) is 18.5 Å². The molecule has 9 heteroatoms. The molecule has 4 aromatic rings. The Morgan fingerprint density at radius 1 is 1.13 bits per heavy atom. The third kappa shape index (κ3) is 5.88. The van der Waals surface area contributed by atoms with Crippen molar-refractivity contribution in [2.45, 2.75) is 6.92 Å². The van der Waals surface area contributed by atoms with Gasteiger partial charge in [-0.1, -0.05) is 36.4 Å². The quantitative estimate of drug-likeness (QED) is 0.419. The highest BCUT2D eigenvalue weighted by Crippen LogP contribution is 2.23. The minimum Gasteiger partial charge on any atom is -0.481 e. The molecule has 2 heterocycles. The predicted molar refractivity (Wildman–Crippen MR) is 117 cm³/mol. The van der Waals surface area contributed by atoms with Crippen molar-refractivity contribution in [2.24, 2.45) is 0 Å². The van der Waals surface area contributed by atoms with Gasteiger partial charge in [0.15, 0.2) is 5.82 Å². The van der Waals surface area contributed by atoms with Gasteiger partial charge in [0.05, 0.1) is 0 Å². The number of furan rings is 1. The van der Waals surface area contributed by atoms with E-state index in [-0.39, 0.29) is 23.3 Å². The minimum absolute atomic E-state index is 0.0178. The second kappa shape index (κ2) is 9.67. The summed E-state index contributed by atoms with van der Waals surface area (Å²) in [6, 6.07) is 21.0. The largest absolute Gasteiger partial charge is 0.481 e. The number of anilines is 3. The molecular weight excluding hydrogens is 396 g/mol. The van der Waals surface area contributed by atoms with Crippen molar-refractivity contribution in [1.82, 2.24) is 15.0 Å². The van der Waals surface area contributed by atoms with Gasteiger partial charge in [-0.05, 0) is 24.3 Å². The maximum atomic E-state index is 9.57. The fraction of sp³-hybridized carbons (Fsp3) is 0.0455. The first-order valence-corrected chi connectivity index (χ1v) is 9.08. The molecular formula is C22H18N6O3. The number of carboxylic acid groups (broad SMARTS) is 1. The number of aliphatic carboxylic acids is 1. The number of benzene rings is 2. The minimum atomic E-state index is -0.833. The number of aromatic nitrogens is 3. The van der Waals surface area contributed by atoms with Gasteiger partial charge in [0.25, 0.3) is 5.97 Å². The van der Waals surface area contributed by atoms with Gasteiger partial charge in [0.1, 0.15) is 23.0 Å². The molecule has 4 rings (SSSR count). The molecule has 0 spiro atoms. The second-order valence-electron chi connectivity index (χ2n) is 6.21. The van der Waals surface area contributed by atoms with Crippen molar-refractivity contribution < 1.29 is 14.3 Å². The predicted octanol–water partition coefficient (Wildman–Crippen LogP) is 4.10. The number of hydrogen-bond acceptors (Lipinski definition) is 8. The highest BCUT2D eigenvalue weighted by atomic mass is 16.4. The smallest absolute Gasteiger partial charge is 0.300 e. The monoisotopic (exact) mass is 414 g/mol. The van der Waals surface area contributed by atoms with E-state index < -0.39 is 5.97 Å². The van der Waals surface area contributed by atoms with E-state index in [2.05, 4.69) is 26.3 Å². The van der Waals surface area contributed by atoms with Crippen LogP contribution in [0.5, 0.6) is 0 Å². The second-order valence-corrected chi connectivity index (χ2v) is 6.21. The van der Waals surface area contributed by atoms with Crippen LogP contribution < -0.4 is 11.1 Å². The van der Waals surface area contributed by atoms with E-state index in [1.807, 2.05) is 60.7 Å². The van der Waals surface area contributed by atoms with E-state index in [9.17, 15) is 5.26 Å². The number of para-hydroxylation sites is 2. The lowest BCUT2D eigenvalue weighted by molar-refractivity contribution is -0.134. The van der Waals surface area contributed by atoms with Crippen LogP contribution in [-0.2, 0) is 4.79 Å².